The Morgan fingerprint density at radius 1 is 0.727 bits per heavy atom. The molecule has 2 amide bonds. The summed E-state index contributed by atoms with van der Waals surface area (Å²) in [6, 6.07) is 26.4. The van der Waals surface area contributed by atoms with E-state index in [2.05, 4.69) is 63.6 Å². The number of amides is 2. The fourth-order valence-corrected chi connectivity index (χ4v) is 5.37. The van der Waals surface area contributed by atoms with Crippen molar-refractivity contribution in [1.29, 1.82) is 0 Å². The number of H-pyrrole nitrogens is 2. The van der Waals surface area contributed by atoms with Crippen LogP contribution in [0.3, 0.4) is 0 Å². The second-order valence-electron chi connectivity index (χ2n) is 12.1. The number of carbonyl (C=O) groups is 2. The average Bonchev–Trinajstić information content (AvgIpc) is 3.88. The molecule has 14 heteroatoms. The van der Waals surface area contributed by atoms with Gasteiger partial charge in [-0.2, -0.15) is 10.2 Å². The molecule has 6 aromatic rings. The number of carbonyl (C=O) groups excluding carboxylic acids is 2. The van der Waals surface area contributed by atoms with Crippen LogP contribution in [0.25, 0.3) is 0 Å². The van der Waals surface area contributed by atoms with E-state index in [1.807, 2.05) is 61.5 Å². The molecule has 0 saturated heterocycles. The van der Waals surface area contributed by atoms with Crippen LogP contribution in [0.2, 0.25) is 0 Å². The van der Waals surface area contributed by atoms with Crippen molar-refractivity contribution in [2.75, 3.05) is 48.6 Å². The maximum Gasteiger partial charge on any atom is 0.275 e. The predicted molar refractivity (Wildman–Crippen MR) is 214 cm³/mol. The zero-order valence-electron chi connectivity index (χ0n) is 31.0. The van der Waals surface area contributed by atoms with Crippen molar-refractivity contribution in [3.63, 3.8) is 0 Å². The Labute approximate surface area is 319 Å². The van der Waals surface area contributed by atoms with Crippen molar-refractivity contribution >= 4 is 35.0 Å². The molecule has 0 saturated carbocycles. The number of aromatic nitrogens is 6. The van der Waals surface area contributed by atoms with Crippen LogP contribution in [-0.4, -0.2) is 69.5 Å². The van der Waals surface area contributed by atoms with E-state index in [0.717, 1.165) is 59.8 Å². The lowest BCUT2D eigenvalue weighted by molar-refractivity contribution is 0.101. The van der Waals surface area contributed by atoms with E-state index in [-0.39, 0.29) is 11.8 Å². The third kappa shape index (κ3) is 11.9. The lowest BCUT2D eigenvalue weighted by Crippen LogP contribution is -2.15. The minimum atomic E-state index is -0.313. The summed E-state index contributed by atoms with van der Waals surface area (Å²) in [6.07, 6.45) is 11.6. The summed E-state index contributed by atoms with van der Waals surface area (Å²) in [7, 11) is 3.31. The first-order chi connectivity index (χ1) is 26.9. The molecule has 4 heterocycles. The number of anilines is 4. The van der Waals surface area contributed by atoms with Crippen LogP contribution >= 0.6 is 0 Å². The maximum atomic E-state index is 12.5. The van der Waals surface area contributed by atoms with Crippen molar-refractivity contribution < 1.29 is 19.1 Å². The van der Waals surface area contributed by atoms with Crippen molar-refractivity contribution in [1.82, 2.24) is 30.4 Å². The second kappa shape index (κ2) is 20.2. The molecule has 0 aliphatic carbocycles. The number of nitrogens with zero attached hydrogens (tertiary/aromatic N) is 4. The first-order valence-corrected chi connectivity index (χ1v) is 17.7. The largest absolute Gasteiger partial charge is 0.497 e. The molecule has 6 rings (SSSR count). The number of aromatic amines is 2. The number of methoxy groups -OCH3 is 2. The van der Waals surface area contributed by atoms with Gasteiger partial charge in [0.15, 0.2) is 0 Å². The minimum absolute atomic E-state index is 0.234. The Balaban J connectivity index is 0.000000211. The summed E-state index contributed by atoms with van der Waals surface area (Å²) >= 11 is 0. The topological polar surface area (TPSA) is 184 Å². The van der Waals surface area contributed by atoms with Crippen LogP contribution < -0.4 is 30.7 Å². The molecular weight excluding hydrogens is 697 g/mol. The van der Waals surface area contributed by atoms with Crippen LogP contribution in [0.1, 0.15) is 50.3 Å². The molecule has 282 valence electrons. The molecule has 14 nitrogen and oxygen atoms in total. The van der Waals surface area contributed by atoms with Gasteiger partial charge in [-0.3, -0.25) is 19.8 Å². The molecule has 0 atom stereocenters. The van der Waals surface area contributed by atoms with E-state index >= 15 is 0 Å². The molecule has 2 aromatic carbocycles. The molecular formula is C41H44N10O4. The Hall–Kier alpha value is -7.14. The molecule has 0 unspecified atom stereocenters. The SMILES string of the molecule is C#CCNc1ccc(C(=O)Nc2cc(CCc3cccc(OC)c3)n[nH]2)nc1.CCNc1ncccc1C(=O)Nc1cc(CCc2cccc(OC)c2)n[nH]1. The van der Waals surface area contributed by atoms with Crippen molar-refractivity contribution in [2.24, 2.45) is 0 Å². The fraction of sp³-hybridized carbons (Fsp3) is 0.220. The van der Waals surface area contributed by atoms with Gasteiger partial charge in [0.2, 0.25) is 0 Å². The van der Waals surface area contributed by atoms with Crippen molar-refractivity contribution in [3.8, 4) is 23.8 Å². The van der Waals surface area contributed by atoms with Crippen LogP contribution in [0.5, 0.6) is 11.5 Å². The first kappa shape index (κ1) is 39.1. The lowest BCUT2D eigenvalue weighted by Gasteiger charge is -2.08. The molecule has 0 fully saturated rings. The van der Waals surface area contributed by atoms with Gasteiger partial charge in [0, 0.05) is 24.9 Å². The number of hydrogen-bond acceptors (Lipinski definition) is 10. The van der Waals surface area contributed by atoms with Gasteiger partial charge in [-0.25, -0.2) is 9.97 Å². The van der Waals surface area contributed by atoms with Gasteiger partial charge in [-0.15, -0.1) is 6.42 Å². The molecule has 0 radical (unpaired) electrons. The number of nitrogens with one attached hydrogen (secondary N) is 6. The number of benzene rings is 2. The number of aryl methyl sites for hydroxylation is 4. The van der Waals surface area contributed by atoms with E-state index in [0.29, 0.717) is 41.8 Å². The third-order valence-corrected chi connectivity index (χ3v) is 8.15. The Kier molecular flexibility index (Phi) is 14.3. The van der Waals surface area contributed by atoms with Crippen LogP contribution in [0.15, 0.2) is 97.3 Å². The van der Waals surface area contributed by atoms with Crippen LogP contribution in [0, 0.1) is 12.3 Å². The zero-order chi connectivity index (χ0) is 38.8. The van der Waals surface area contributed by atoms with E-state index < -0.39 is 0 Å². The van der Waals surface area contributed by atoms with Crippen molar-refractivity contribution in [2.45, 2.75) is 32.6 Å². The second-order valence-corrected chi connectivity index (χ2v) is 12.1. The van der Waals surface area contributed by atoms with Gasteiger partial charge in [0.05, 0.1) is 49.6 Å². The summed E-state index contributed by atoms with van der Waals surface area (Å²) in [5, 5.41) is 25.9. The van der Waals surface area contributed by atoms with Crippen LogP contribution in [-0.2, 0) is 25.7 Å². The highest BCUT2D eigenvalue weighted by Crippen LogP contribution is 2.18. The highest BCUT2D eigenvalue weighted by atomic mass is 16.5. The quantitative estimate of drug-likeness (QED) is 0.0627. The van der Waals surface area contributed by atoms with Gasteiger partial charge >= 0.3 is 0 Å². The van der Waals surface area contributed by atoms with Gasteiger partial charge < -0.3 is 30.7 Å². The highest BCUT2D eigenvalue weighted by Gasteiger charge is 2.14. The number of ether oxygens (including phenoxy) is 2. The summed E-state index contributed by atoms with van der Waals surface area (Å²) < 4.78 is 10.5. The summed E-state index contributed by atoms with van der Waals surface area (Å²) in [5.74, 6) is 5.27. The normalized spacial score (nSPS) is 10.3. The summed E-state index contributed by atoms with van der Waals surface area (Å²) in [5.41, 5.74) is 5.64. The molecule has 0 spiro atoms. The molecule has 55 heavy (non-hydrogen) atoms. The van der Waals surface area contributed by atoms with Gasteiger partial charge in [0.25, 0.3) is 11.8 Å². The lowest BCUT2D eigenvalue weighted by atomic mass is 10.1. The molecule has 0 bridgehead atoms. The smallest absolute Gasteiger partial charge is 0.275 e. The summed E-state index contributed by atoms with van der Waals surface area (Å²) in [4.78, 5) is 33.2. The number of pyridine rings is 2. The van der Waals surface area contributed by atoms with E-state index in [1.165, 1.54) is 5.56 Å². The van der Waals surface area contributed by atoms with Gasteiger partial charge in [-0.1, -0.05) is 30.2 Å². The molecule has 6 N–H and O–H groups in total. The van der Waals surface area contributed by atoms with E-state index in [1.54, 1.807) is 50.9 Å². The Bertz CT molecular complexity index is 2190. The van der Waals surface area contributed by atoms with E-state index in [4.69, 9.17) is 15.9 Å². The van der Waals surface area contributed by atoms with Gasteiger partial charge in [-0.05, 0) is 92.3 Å². The Morgan fingerprint density at radius 3 is 1.89 bits per heavy atom. The number of rotatable bonds is 16. The fourth-order valence-electron chi connectivity index (χ4n) is 5.37. The number of terminal acetylenes is 1. The standard InChI is InChI=1S/C21H21N5O2.C20H23N5O2/c1-3-11-22-17-9-10-19(23-14-17)21(27)24-20-13-16(25-26-20)8-7-15-5-4-6-18(12-15)28-2;1-3-21-19-17(8-5-11-22-19)20(26)23-18-13-15(24-25-18)10-9-14-6-4-7-16(12-14)27-2/h1,4-6,9-10,12-14,22H,7-8,11H2,2H3,(H2,24,25,26,27);4-8,11-13H,3,9-10H2,1-2H3,(H,21,22)(H2,23,24,25,26). The van der Waals surface area contributed by atoms with Gasteiger partial charge in [0.1, 0.15) is 34.6 Å². The minimum Gasteiger partial charge on any atom is -0.497 e. The van der Waals surface area contributed by atoms with Crippen molar-refractivity contribution in [3.05, 3.63) is 131 Å². The zero-order valence-corrected chi connectivity index (χ0v) is 31.0. The van der Waals surface area contributed by atoms with E-state index in [9.17, 15) is 9.59 Å². The maximum absolute atomic E-state index is 12.5. The number of hydrogen-bond donors (Lipinski definition) is 6. The molecule has 0 aliphatic rings. The monoisotopic (exact) mass is 740 g/mol. The predicted octanol–water partition coefficient (Wildman–Crippen LogP) is 6.18. The Morgan fingerprint density at radius 2 is 1.35 bits per heavy atom. The molecule has 0 aliphatic heterocycles. The first-order valence-electron chi connectivity index (χ1n) is 17.7. The molecule has 4 aromatic heterocycles. The summed E-state index contributed by atoms with van der Waals surface area (Å²) in [6.45, 7) is 3.05. The third-order valence-electron chi connectivity index (χ3n) is 8.15. The van der Waals surface area contributed by atoms with Crippen LogP contribution in [0.4, 0.5) is 23.1 Å². The highest BCUT2D eigenvalue weighted by molar-refractivity contribution is 6.07. The average molecular weight is 741 g/mol.